The molecule has 3 aromatic carbocycles. The summed E-state index contributed by atoms with van der Waals surface area (Å²) in [6.07, 6.45) is 0. The van der Waals surface area contributed by atoms with Gasteiger partial charge in [-0.3, -0.25) is 4.72 Å². The summed E-state index contributed by atoms with van der Waals surface area (Å²) in [7, 11) is -3.57. The normalized spacial score (nSPS) is 12.3. The summed E-state index contributed by atoms with van der Waals surface area (Å²) in [5.41, 5.74) is 0.211. The summed E-state index contributed by atoms with van der Waals surface area (Å²) in [5.74, 6) is 0.0790. The summed E-state index contributed by atoms with van der Waals surface area (Å²) in [5, 5.41) is 11.1. The van der Waals surface area contributed by atoms with E-state index in [1.807, 2.05) is 0 Å². The molecule has 0 saturated heterocycles. The van der Waals surface area contributed by atoms with E-state index in [4.69, 9.17) is 4.74 Å². The van der Waals surface area contributed by atoms with Crippen LogP contribution < -0.4 is 9.46 Å². The minimum Gasteiger partial charge on any atom is -0.506 e. The number of methoxy groups -OCH3 is 1. The molecule has 8 nitrogen and oxygen atoms in total. The molecule has 3 aromatic rings. The van der Waals surface area contributed by atoms with Gasteiger partial charge in [0.05, 0.1) is 17.7 Å². The van der Waals surface area contributed by atoms with Gasteiger partial charge in [-0.05, 0) is 36.4 Å². The molecule has 0 saturated carbocycles. The van der Waals surface area contributed by atoms with Crippen LogP contribution in [0.2, 0.25) is 0 Å². The zero-order chi connectivity index (χ0) is 21.4. The monoisotopic (exact) mass is 436 g/mol. The fourth-order valence-corrected chi connectivity index (χ4v) is 4.84. The standard InChI is InChI=1S/C19H20N2O6S2/c1-21(2)29(25,26)18-12-11-15-16(19(18)22)5-4-6-17(15)20-28(23,24)14-9-7-13(27-3)8-10-14/h4-12,20,22H,1-3H3. The van der Waals surface area contributed by atoms with Crippen LogP contribution >= 0.6 is 0 Å². The Labute approximate surface area is 169 Å². The fourth-order valence-electron chi connectivity index (χ4n) is 2.77. The number of hydrogen-bond acceptors (Lipinski definition) is 6. The van der Waals surface area contributed by atoms with Crippen LogP contribution in [0.1, 0.15) is 0 Å². The van der Waals surface area contributed by atoms with Crippen LogP contribution in [0.5, 0.6) is 11.5 Å². The summed E-state index contributed by atoms with van der Waals surface area (Å²) >= 11 is 0. The molecule has 0 heterocycles. The average Bonchev–Trinajstić information content (AvgIpc) is 2.68. The minimum atomic E-state index is -3.91. The van der Waals surface area contributed by atoms with Crippen molar-refractivity contribution in [3.63, 3.8) is 0 Å². The Hall–Kier alpha value is -2.82. The van der Waals surface area contributed by atoms with E-state index >= 15 is 0 Å². The fraction of sp³-hybridized carbons (Fsp3) is 0.158. The van der Waals surface area contributed by atoms with Crippen molar-refractivity contribution in [2.45, 2.75) is 9.79 Å². The first-order chi connectivity index (χ1) is 13.6. The number of fused-ring (bicyclic) bond motifs is 1. The number of ether oxygens (including phenoxy) is 1. The van der Waals surface area contributed by atoms with Crippen molar-refractivity contribution < 1.29 is 26.7 Å². The predicted molar refractivity (Wildman–Crippen MR) is 110 cm³/mol. The van der Waals surface area contributed by atoms with Crippen LogP contribution in [0.25, 0.3) is 10.8 Å². The lowest BCUT2D eigenvalue weighted by Crippen LogP contribution is -2.22. The number of phenols is 1. The molecule has 10 heteroatoms. The highest BCUT2D eigenvalue weighted by molar-refractivity contribution is 7.92. The predicted octanol–water partition coefficient (Wildman–Crippen LogP) is 2.61. The number of hydrogen-bond donors (Lipinski definition) is 2. The molecule has 0 bridgehead atoms. The maximum absolute atomic E-state index is 12.7. The van der Waals surface area contributed by atoms with Crippen molar-refractivity contribution in [2.75, 3.05) is 25.9 Å². The molecule has 3 rings (SSSR count). The Morgan fingerprint density at radius 2 is 1.55 bits per heavy atom. The van der Waals surface area contributed by atoms with Gasteiger partial charge >= 0.3 is 0 Å². The maximum Gasteiger partial charge on any atom is 0.261 e. The van der Waals surface area contributed by atoms with Gasteiger partial charge in [0.15, 0.2) is 0 Å². The molecule has 0 aliphatic rings. The topological polar surface area (TPSA) is 113 Å². The van der Waals surface area contributed by atoms with Crippen LogP contribution in [-0.4, -0.2) is 47.5 Å². The quantitative estimate of drug-likeness (QED) is 0.614. The number of rotatable bonds is 6. The SMILES string of the molecule is COc1ccc(S(=O)(=O)Nc2cccc3c(O)c(S(=O)(=O)N(C)C)ccc23)cc1. The summed E-state index contributed by atoms with van der Waals surface area (Å²) in [6, 6.07) is 13.2. The Kier molecular flexibility index (Phi) is 5.44. The molecule has 2 N–H and O–H groups in total. The van der Waals surface area contributed by atoms with Crippen molar-refractivity contribution in [2.24, 2.45) is 0 Å². The van der Waals surface area contributed by atoms with Gasteiger partial charge in [-0.25, -0.2) is 21.1 Å². The minimum absolute atomic E-state index is 0.0336. The van der Waals surface area contributed by atoms with E-state index in [9.17, 15) is 21.9 Å². The van der Waals surface area contributed by atoms with E-state index in [1.54, 1.807) is 0 Å². The van der Waals surface area contributed by atoms with Crippen molar-refractivity contribution in [3.8, 4) is 11.5 Å². The van der Waals surface area contributed by atoms with Gasteiger partial charge in [0.25, 0.3) is 10.0 Å². The second-order valence-corrected chi connectivity index (χ2v) is 10.2. The molecular formula is C19H20N2O6S2. The highest BCUT2D eigenvalue weighted by atomic mass is 32.2. The summed E-state index contributed by atoms with van der Waals surface area (Å²) in [6.45, 7) is 0. The highest BCUT2D eigenvalue weighted by Crippen LogP contribution is 2.36. The number of nitrogens with zero attached hydrogens (tertiary/aromatic N) is 1. The molecule has 0 fully saturated rings. The lowest BCUT2D eigenvalue weighted by Gasteiger charge is -2.16. The third kappa shape index (κ3) is 3.86. The second kappa shape index (κ2) is 7.54. The molecule has 0 amide bonds. The molecule has 0 radical (unpaired) electrons. The van der Waals surface area contributed by atoms with Crippen LogP contribution in [-0.2, 0) is 20.0 Å². The van der Waals surface area contributed by atoms with Crippen LogP contribution in [0, 0.1) is 0 Å². The van der Waals surface area contributed by atoms with Gasteiger partial charge in [-0.2, -0.15) is 0 Å². The van der Waals surface area contributed by atoms with Gasteiger partial charge < -0.3 is 9.84 Å². The number of sulfonamides is 2. The average molecular weight is 437 g/mol. The number of aromatic hydroxyl groups is 1. The molecular weight excluding hydrogens is 416 g/mol. The molecule has 0 spiro atoms. The van der Waals surface area contributed by atoms with Crippen molar-refractivity contribution in [1.29, 1.82) is 0 Å². The zero-order valence-electron chi connectivity index (χ0n) is 15.9. The first-order valence-electron chi connectivity index (χ1n) is 8.42. The largest absolute Gasteiger partial charge is 0.506 e. The smallest absolute Gasteiger partial charge is 0.261 e. The molecule has 0 aliphatic heterocycles. The zero-order valence-corrected chi connectivity index (χ0v) is 17.6. The molecule has 154 valence electrons. The van der Waals surface area contributed by atoms with Gasteiger partial charge in [0.2, 0.25) is 10.0 Å². The van der Waals surface area contributed by atoms with Crippen molar-refractivity contribution in [1.82, 2.24) is 4.31 Å². The highest BCUT2D eigenvalue weighted by Gasteiger charge is 2.24. The summed E-state index contributed by atoms with van der Waals surface area (Å²) in [4.78, 5) is -0.225. The van der Waals surface area contributed by atoms with E-state index in [1.165, 1.54) is 75.8 Å². The van der Waals surface area contributed by atoms with E-state index in [0.717, 1.165) is 4.31 Å². The number of anilines is 1. The van der Waals surface area contributed by atoms with E-state index < -0.39 is 25.8 Å². The van der Waals surface area contributed by atoms with E-state index in [2.05, 4.69) is 4.72 Å². The molecule has 0 aromatic heterocycles. The molecule has 29 heavy (non-hydrogen) atoms. The number of benzene rings is 3. The third-order valence-electron chi connectivity index (χ3n) is 4.37. The Morgan fingerprint density at radius 3 is 2.14 bits per heavy atom. The molecule has 0 aliphatic carbocycles. The number of phenolic OH excluding ortho intramolecular Hbond substituents is 1. The first kappa shape index (κ1) is 20.9. The van der Waals surface area contributed by atoms with Crippen molar-refractivity contribution in [3.05, 3.63) is 54.6 Å². The van der Waals surface area contributed by atoms with Crippen molar-refractivity contribution >= 4 is 36.5 Å². The van der Waals surface area contributed by atoms with E-state index in [0.29, 0.717) is 11.1 Å². The van der Waals surface area contributed by atoms with Crippen LogP contribution in [0.3, 0.4) is 0 Å². The maximum atomic E-state index is 12.7. The second-order valence-electron chi connectivity index (χ2n) is 6.38. The van der Waals surface area contributed by atoms with E-state index in [-0.39, 0.29) is 20.9 Å². The Bertz CT molecular complexity index is 1270. The Balaban J connectivity index is 2.08. The van der Waals surface area contributed by atoms with Gasteiger partial charge in [-0.15, -0.1) is 0 Å². The third-order valence-corrected chi connectivity index (χ3v) is 7.60. The molecule has 0 atom stereocenters. The Morgan fingerprint density at radius 1 is 0.897 bits per heavy atom. The number of nitrogens with one attached hydrogen (secondary N) is 1. The van der Waals surface area contributed by atoms with Crippen LogP contribution in [0.15, 0.2) is 64.4 Å². The lowest BCUT2D eigenvalue weighted by atomic mass is 10.1. The summed E-state index contributed by atoms with van der Waals surface area (Å²) < 4.78 is 58.7. The first-order valence-corrected chi connectivity index (χ1v) is 11.3. The lowest BCUT2D eigenvalue weighted by molar-refractivity contribution is 0.414. The van der Waals surface area contributed by atoms with Crippen LogP contribution in [0.4, 0.5) is 5.69 Å². The van der Waals surface area contributed by atoms with Gasteiger partial charge in [0.1, 0.15) is 16.4 Å². The molecule has 0 unspecified atom stereocenters. The van der Waals surface area contributed by atoms with Gasteiger partial charge in [-0.1, -0.05) is 18.2 Å². The van der Waals surface area contributed by atoms with Gasteiger partial charge in [0, 0.05) is 24.9 Å².